The van der Waals surface area contributed by atoms with Gasteiger partial charge in [0.15, 0.2) is 0 Å². The minimum atomic E-state index is 0.291. The molecular formula is C18H21ClO. The molecule has 0 bridgehead atoms. The second-order valence-electron chi connectivity index (χ2n) is 5.82. The van der Waals surface area contributed by atoms with Gasteiger partial charge in [-0.25, -0.2) is 0 Å². The number of phenolic OH excluding ortho intramolecular Hbond substituents is 1. The number of hydrogen-bond donors (Lipinski definition) is 1. The van der Waals surface area contributed by atoms with Gasteiger partial charge in [-0.05, 0) is 58.4 Å². The predicted molar refractivity (Wildman–Crippen MR) is 86.7 cm³/mol. The molecule has 0 aromatic heterocycles. The standard InChI is InChI=1S/C18H21ClO/c1-11(2)16-9-14(10-17(12(3)4)18(16)20)13-5-7-15(19)8-6-13/h5-12,20H,1-4H3. The second kappa shape index (κ2) is 5.88. The van der Waals surface area contributed by atoms with E-state index >= 15 is 0 Å². The molecule has 0 aliphatic carbocycles. The minimum absolute atomic E-state index is 0.291. The summed E-state index contributed by atoms with van der Waals surface area (Å²) in [6, 6.07) is 12.0. The molecule has 0 aliphatic rings. The Balaban J connectivity index is 2.61. The van der Waals surface area contributed by atoms with Crippen LogP contribution in [-0.4, -0.2) is 5.11 Å². The summed E-state index contributed by atoms with van der Waals surface area (Å²) in [7, 11) is 0. The van der Waals surface area contributed by atoms with Crippen molar-refractivity contribution in [3.8, 4) is 16.9 Å². The molecule has 20 heavy (non-hydrogen) atoms. The lowest BCUT2D eigenvalue weighted by Gasteiger charge is -2.17. The van der Waals surface area contributed by atoms with E-state index < -0.39 is 0 Å². The molecular weight excluding hydrogens is 268 g/mol. The highest BCUT2D eigenvalue weighted by Crippen LogP contribution is 2.37. The molecule has 106 valence electrons. The third kappa shape index (κ3) is 2.99. The van der Waals surface area contributed by atoms with Gasteiger partial charge in [0.25, 0.3) is 0 Å². The Morgan fingerprint density at radius 1 is 0.800 bits per heavy atom. The van der Waals surface area contributed by atoms with Gasteiger partial charge in [0.05, 0.1) is 0 Å². The van der Waals surface area contributed by atoms with E-state index in [4.69, 9.17) is 11.6 Å². The van der Waals surface area contributed by atoms with Gasteiger partial charge in [0.2, 0.25) is 0 Å². The Labute approximate surface area is 126 Å². The molecule has 0 saturated heterocycles. The molecule has 0 heterocycles. The van der Waals surface area contributed by atoms with E-state index in [1.54, 1.807) is 0 Å². The zero-order chi connectivity index (χ0) is 14.9. The molecule has 0 atom stereocenters. The fourth-order valence-corrected chi connectivity index (χ4v) is 2.50. The van der Waals surface area contributed by atoms with Gasteiger partial charge in [-0.15, -0.1) is 0 Å². The average molecular weight is 289 g/mol. The fraction of sp³-hybridized carbons (Fsp3) is 0.333. The summed E-state index contributed by atoms with van der Waals surface area (Å²) in [5, 5.41) is 11.2. The SMILES string of the molecule is CC(C)c1cc(-c2ccc(Cl)cc2)cc(C(C)C)c1O. The zero-order valence-corrected chi connectivity index (χ0v) is 13.2. The quantitative estimate of drug-likeness (QED) is 0.739. The van der Waals surface area contributed by atoms with Crippen molar-refractivity contribution >= 4 is 11.6 Å². The second-order valence-corrected chi connectivity index (χ2v) is 6.26. The van der Waals surface area contributed by atoms with Crippen molar-refractivity contribution in [3.05, 3.63) is 52.5 Å². The highest BCUT2D eigenvalue weighted by Gasteiger charge is 2.15. The first kappa shape index (κ1) is 14.9. The lowest BCUT2D eigenvalue weighted by molar-refractivity contribution is 0.454. The van der Waals surface area contributed by atoms with Crippen molar-refractivity contribution in [2.24, 2.45) is 0 Å². The van der Waals surface area contributed by atoms with E-state index in [1.165, 1.54) is 0 Å². The van der Waals surface area contributed by atoms with E-state index in [0.29, 0.717) is 17.6 Å². The van der Waals surface area contributed by atoms with E-state index in [2.05, 4.69) is 39.8 Å². The normalized spacial score (nSPS) is 11.3. The van der Waals surface area contributed by atoms with Gasteiger partial charge in [-0.2, -0.15) is 0 Å². The Morgan fingerprint density at radius 2 is 1.25 bits per heavy atom. The number of rotatable bonds is 3. The molecule has 0 saturated carbocycles. The van der Waals surface area contributed by atoms with Crippen molar-refractivity contribution in [3.63, 3.8) is 0 Å². The van der Waals surface area contributed by atoms with Crippen LogP contribution in [0, 0.1) is 0 Å². The van der Waals surface area contributed by atoms with Gasteiger partial charge in [-0.3, -0.25) is 0 Å². The van der Waals surface area contributed by atoms with E-state index in [9.17, 15) is 5.11 Å². The summed E-state index contributed by atoms with van der Waals surface area (Å²) in [5.74, 6) is 1.02. The molecule has 1 nitrogen and oxygen atoms in total. The largest absolute Gasteiger partial charge is 0.507 e. The first-order valence-electron chi connectivity index (χ1n) is 7.03. The summed E-state index contributed by atoms with van der Waals surface area (Å²) >= 11 is 5.95. The van der Waals surface area contributed by atoms with Crippen molar-refractivity contribution in [1.82, 2.24) is 0 Å². The van der Waals surface area contributed by atoms with Crippen molar-refractivity contribution in [1.29, 1.82) is 0 Å². The molecule has 1 N–H and O–H groups in total. The van der Waals surface area contributed by atoms with Gasteiger partial charge in [0.1, 0.15) is 5.75 Å². The average Bonchev–Trinajstić information content (AvgIpc) is 2.39. The predicted octanol–water partition coefficient (Wildman–Crippen LogP) is 5.96. The summed E-state index contributed by atoms with van der Waals surface area (Å²) in [4.78, 5) is 0. The maximum absolute atomic E-state index is 10.4. The highest BCUT2D eigenvalue weighted by atomic mass is 35.5. The topological polar surface area (TPSA) is 20.2 Å². The Kier molecular flexibility index (Phi) is 4.39. The lowest BCUT2D eigenvalue weighted by atomic mass is 9.89. The van der Waals surface area contributed by atoms with Crippen LogP contribution in [0.2, 0.25) is 5.02 Å². The molecule has 0 amide bonds. The molecule has 0 spiro atoms. The molecule has 2 aromatic carbocycles. The van der Waals surface area contributed by atoms with Crippen LogP contribution in [0.1, 0.15) is 50.7 Å². The van der Waals surface area contributed by atoms with Crippen LogP contribution < -0.4 is 0 Å². The van der Waals surface area contributed by atoms with Crippen LogP contribution in [0.15, 0.2) is 36.4 Å². The smallest absolute Gasteiger partial charge is 0.122 e. The molecule has 2 aromatic rings. The van der Waals surface area contributed by atoms with Gasteiger partial charge in [-0.1, -0.05) is 51.4 Å². The number of benzene rings is 2. The number of halogens is 1. The first-order valence-corrected chi connectivity index (χ1v) is 7.40. The zero-order valence-electron chi connectivity index (χ0n) is 12.4. The van der Waals surface area contributed by atoms with Gasteiger partial charge in [0, 0.05) is 5.02 Å². The van der Waals surface area contributed by atoms with Crippen LogP contribution >= 0.6 is 11.6 Å². The fourth-order valence-electron chi connectivity index (χ4n) is 2.37. The van der Waals surface area contributed by atoms with E-state index in [0.717, 1.165) is 27.3 Å². The maximum atomic E-state index is 10.4. The maximum Gasteiger partial charge on any atom is 0.122 e. The van der Waals surface area contributed by atoms with E-state index in [1.807, 2.05) is 24.3 Å². The summed E-state index contributed by atoms with van der Waals surface area (Å²) in [6.45, 7) is 8.41. The summed E-state index contributed by atoms with van der Waals surface area (Å²) < 4.78 is 0. The number of phenols is 1. The van der Waals surface area contributed by atoms with Gasteiger partial charge >= 0.3 is 0 Å². The van der Waals surface area contributed by atoms with Crippen LogP contribution in [0.4, 0.5) is 0 Å². The Bertz CT molecular complexity index is 568. The molecule has 0 fully saturated rings. The van der Waals surface area contributed by atoms with Crippen LogP contribution in [0.25, 0.3) is 11.1 Å². The van der Waals surface area contributed by atoms with Crippen molar-refractivity contribution in [2.45, 2.75) is 39.5 Å². The highest BCUT2D eigenvalue weighted by molar-refractivity contribution is 6.30. The van der Waals surface area contributed by atoms with Crippen molar-refractivity contribution < 1.29 is 5.11 Å². The third-order valence-corrected chi connectivity index (χ3v) is 3.84. The van der Waals surface area contributed by atoms with Crippen LogP contribution in [0.3, 0.4) is 0 Å². The summed E-state index contributed by atoms with van der Waals surface area (Å²) in [6.07, 6.45) is 0. The Morgan fingerprint density at radius 3 is 1.65 bits per heavy atom. The third-order valence-electron chi connectivity index (χ3n) is 3.59. The van der Waals surface area contributed by atoms with Crippen LogP contribution in [0.5, 0.6) is 5.75 Å². The number of hydrogen-bond acceptors (Lipinski definition) is 1. The Hall–Kier alpha value is -1.47. The first-order chi connectivity index (χ1) is 9.40. The molecule has 0 aliphatic heterocycles. The van der Waals surface area contributed by atoms with E-state index in [-0.39, 0.29) is 0 Å². The van der Waals surface area contributed by atoms with Crippen LogP contribution in [-0.2, 0) is 0 Å². The van der Waals surface area contributed by atoms with Crippen molar-refractivity contribution in [2.75, 3.05) is 0 Å². The molecule has 0 unspecified atom stereocenters. The number of aromatic hydroxyl groups is 1. The lowest BCUT2D eigenvalue weighted by Crippen LogP contribution is -1.97. The minimum Gasteiger partial charge on any atom is -0.507 e. The molecule has 2 rings (SSSR count). The molecule has 0 radical (unpaired) electrons. The monoisotopic (exact) mass is 288 g/mol. The molecule has 2 heteroatoms. The van der Waals surface area contributed by atoms with Gasteiger partial charge < -0.3 is 5.11 Å². The summed E-state index contributed by atoms with van der Waals surface area (Å²) in [5.41, 5.74) is 4.26.